The van der Waals surface area contributed by atoms with Crippen LogP contribution in [0.1, 0.15) is 16.7 Å². The molecule has 204 valence electrons. The van der Waals surface area contributed by atoms with Crippen molar-refractivity contribution in [1.29, 1.82) is 0 Å². The molecule has 0 saturated carbocycles. The molecule has 0 amide bonds. The van der Waals surface area contributed by atoms with Crippen LogP contribution in [0.3, 0.4) is 0 Å². The Morgan fingerprint density at radius 2 is 1.56 bits per heavy atom. The van der Waals surface area contributed by atoms with Crippen LogP contribution in [0.2, 0.25) is 0 Å². The maximum Gasteiger partial charge on any atom is 0.268 e. The lowest BCUT2D eigenvalue weighted by Crippen LogP contribution is -2.30. The van der Waals surface area contributed by atoms with Crippen molar-refractivity contribution in [1.82, 2.24) is 8.69 Å². The van der Waals surface area contributed by atoms with Crippen LogP contribution in [0, 0.1) is 19.8 Å². The summed E-state index contributed by atoms with van der Waals surface area (Å²) in [7, 11) is -7.52. The molecule has 1 heterocycles. The summed E-state index contributed by atoms with van der Waals surface area (Å²) in [6.07, 6.45) is 5.32. The van der Waals surface area contributed by atoms with E-state index in [0.717, 1.165) is 26.5 Å². The van der Waals surface area contributed by atoms with Gasteiger partial charge in [0, 0.05) is 34.9 Å². The normalized spacial score (nSPS) is 12.7. The Morgan fingerprint density at radius 3 is 2.18 bits per heavy atom. The van der Waals surface area contributed by atoms with E-state index in [-0.39, 0.29) is 22.9 Å². The van der Waals surface area contributed by atoms with Gasteiger partial charge in [0.05, 0.1) is 21.9 Å². The third-order valence-electron chi connectivity index (χ3n) is 6.27. The van der Waals surface area contributed by atoms with E-state index in [1.54, 1.807) is 66.9 Å². The Bertz CT molecular complexity index is 1750. The molecule has 0 aliphatic rings. The van der Waals surface area contributed by atoms with Crippen LogP contribution in [0.15, 0.2) is 105 Å². The third-order valence-corrected chi connectivity index (χ3v) is 10.1. The summed E-state index contributed by atoms with van der Waals surface area (Å²) >= 11 is 3.55. The Labute approximate surface area is 237 Å². The second-order valence-corrected chi connectivity index (χ2v) is 13.7. The summed E-state index contributed by atoms with van der Waals surface area (Å²) in [5.74, 6) is -0.489. The topological polar surface area (TPSA) is 105 Å². The zero-order valence-corrected chi connectivity index (χ0v) is 24.7. The minimum atomic E-state index is -3.82. The lowest BCUT2D eigenvalue weighted by atomic mass is 10.1. The second-order valence-electron chi connectivity index (χ2n) is 9.25. The number of benzene rings is 3. The van der Waals surface area contributed by atoms with E-state index >= 15 is 0 Å². The Kier molecular flexibility index (Phi) is 8.96. The highest BCUT2D eigenvalue weighted by atomic mass is 79.9. The van der Waals surface area contributed by atoms with E-state index < -0.39 is 26.0 Å². The van der Waals surface area contributed by atoms with Crippen molar-refractivity contribution in [2.75, 3.05) is 13.2 Å². The molecule has 0 aliphatic heterocycles. The van der Waals surface area contributed by atoms with Gasteiger partial charge in [-0.2, -0.15) is 0 Å². The minimum absolute atomic E-state index is 0.00714. The average molecular weight is 630 g/mol. The van der Waals surface area contributed by atoms with Crippen molar-refractivity contribution in [3.05, 3.63) is 112 Å². The van der Waals surface area contributed by atoms with E-state index in [1.807, 2.05) is 19.9 Å². The number of aliphatic hydroxyl groups excluding tert-OH is 1. The standard InChI is InChI=1S/C29H29BrN2O5S2/c1-21-10-14-25(15-11-21)38(34,35)31-18-23(20-33)6-3-4-7-24-19-32(28-9-5-8-27(30)29(24)28)39(36,37)26-16-12-22(2)13-17-26/h4-6,8-17,19,23,31,33H,7,18,20H2,1-2H3. The van der Waals surface area contributed by atoms with Gasteiger partial charge in [-0.25, -0.2) is 25.5 Å². The highest BCUT2D eigenvalue weighted by molar-refractivity contribution is 9.10. The number of hydrogen-bond acceptors (Lipinski definition) is 5. The molecule has 1 atom stereocenters. The van der Waals surface area contributed by atoms with Crippen molar-refractivity contribution in [2.24, 2.45) is 5.92 Å². The number of aromatic nitrogens is 1. The van der Waals surface area contributed by atoms with Crippen LogP contribution in [0.4, 0.5) is 0 Å². The zero-order chi connectivity index (χ0) is 28.2. The Morgan fingerprint density at radius 1 is 0.949 bits per heavy atom. The molecule has 7 nitrogen and oxygen atoms in total. The van der Waals surface area contributed by atoms with E-state index in [2.05, 4.69) is 26.4 Å². The number of aliphatic hydroxyl groups is 1. The van der Waals surface area contributed by atoms with Gasteiger partial charge in [-0.05, 0) is 68.0 Å². The maximum absolute atomic E-state index is 13.4. The molecule has 2 N–H and O–H groups in total. The quantitative estimate of drug-likeness (QED) is 0.238. The first-order valence-corrected chi connectivity index (χ1v) is 15.9. The molecule has 1 unspecified atom stereocenters. The summed E-state index contributed by atoms with van der Waals surface area (Å²) in [4.78, 5) is 0.359. The maximum atomic E-state index is 13.4. The van der Waals surface area contributed by atoms with Crippen LogP contribution in [-0.4, -0.2) is 39.1 Å². The van der Waals surface area contributed by atoms with Crippen molar-refractivity contribution < 1.29 is 21.9 Å². The van der Waals surface area contributed by atoms with Gasteiger partial charge in [0.25, 0.3) is 10.0 Å². The molecule has 0 aliphatic carbocycles. The van der Waals surface area contributed by atoms with Crippen LogP contribution >= 0.6 is 15.9 Å². The zero-order valence-electron chi connectivity index (χ0n) is 21.5. The van der Waals surface area contributed by atoms with Gasteiger partial charge in [-0.1, -0.05) is 57.4 Å². The summed E-state index contributed by atoms with van der Waals surface area (Å²) in [6.45, 7) is 3.52. The summed E-state index contributed by atoms with van der Waals surface area (Å²) < 4.78 is 56.6. The molecular formula is C29H29BrN2O5S2. The predicted molar refractivity (Wildman–Crippen MR) is 157 cm³/mol. The lowest BCUT2D eigenvalue weighted by Gasteiger charge is -2.11. The fourth-order valence-corrected chi connectivity index (χ4v) is 7.12. The monoisotopic (exact) mass is 628 g/mol. The first-order chi connectivity index (χ1) is 18.5. The molecule has 0 fully saturated rings. The predicted octanol–water partition coefficient (Wildman–Crippen LogP) is 5.10. The fraction of sp³-hybridized carbons (Fsp3) is 0.207. The number of rotatable bonds is 10. The minimum Gasteiger partial charge on any atom is -0.396 e. The summed E-state index contributed by atoms with van der Waals surface area (Å²) in [6, 6.07) is 18.7. The molecule has 10 heteroatoms. The van der Waals surface area contributed by atoms with Crippen LogP contribution in [0.25, 0.3) is 10.9 Å². The van der Waals surface area contributed by atoms with Crippen LogP contribution < -0.4 is 4.72 Å². The van der Waals surface area contributed by atoms with Crippen LogP contribution in [0.5, 0.6) is 0 Å². The van der Waals surface area contributed by atoms with E-state index in [0.29, 0.717) is 11.9 Å². The number of nitrogens with zero attached hydrogens (tertiary/aromatic N) is 1. The molecule has 0 bridgehead atoms. The highest BCUT2D eigenvalue weighted by Gasteiger charge is 2.22. The Balaban J connectivity index is 1.55. The lowest BCUT2D eigenvalue weighted by molar-refractivity contribution is 0.253. The molecule has 0 saturated heterocycles. The van der Waals surface area contributed by atoms with E-state index in [4.69, 9.17) is 0 Å². The van der Waals surface area contributed by atoms with Gasteiger partial charge in [-0.3, -0.25) is 0 Å². The van der Waals surface area contributed by atoms with Crippen molar-refractivity contribution in [3.63, 3.8) is 0 Å². The first kappa shape index (κ1) is 29.0. The Hall–Kier alpha value is -2.98. The smallest absolute Gasteiger partial charge is 0.268 e. The van der Waals surface area contributed by atoms with Gasteiger partial charge in [-0.15, -0.1) is 5.73 Å². The van der Waals surface area contributed by atoms with Gasteiger partial charge >= 0.3 is 0 Å². The van der Waals surface area contributed by atoms with Crippen LogP contribution in [-0.2, 0) is 26.5 Å². The number of sulfonamides is 1. The van der Waals surface area contributed by atoms with E-state index in [9.17, 15) is 21.9 Å². The molecule has 0 radical (unpaired) electrons. The number of halogens is 1. The fourth-order valence-electron chi connectivity index (χ4n) is 4.03. The highest BCUT2D eigenvalue weighted by Crippen LogP contribution is 2.32. The van der Waals surface area contributed by atoms with Crippen molar-refractivity contribution >= 4 is 46.9 Å². The molecule has 4 rings (SSSR count). The second kappa shape index (κ2) is 12.0. The van der Waals surface area contributed by atoms with Gasteiger partial charge < -0.3 is 5.11 Å². The van der Waals surface area contributed by atoms with Gasteiger partial charge in [0.1, 0.15) is 0 Å². The summed E-state index contributed by atoms with van der Waals surface area (Å²) in [5.41, 5.74) is 6.27. The number of aryl methyl sites for hydroxylation is 2. The molecule has 3 aromatic carbocycles. The first-order valence-electron chi connectivity index (χ1n) is 12.2. The molecule has 39 heavy (non-hydrogen) atoms. The SMILES string of the molecule is Cc1ccc(S(=O)(=O)NCC(C=C=CCc2cn(S(=O)(=O)c3ccc(C)cc3)c3cccc(Br)c23)CO)cc1. The third kappa shape index (κ3) is 6.61. The number of hydrogen-bond donors (Lipinski definition) is 2. The summed E-state index contributed by atoms with van der Waals surface area (Å²) in [5, 5.41) is 10.5. The van der Waals surface area contributed by atoms with Crippen molar-refractivity contribution in [2.45, 2.75) is 30.1 Å². The molecular weight excluding hydrogens is 600 g/mol. The largest absolute Gasteiger partial charge is 0.396 e. The van der Waals surface area contributed by atoms with E-state index in [1.165, 1.54) is 16.1 Å². The molecule has 1 aromatic heterocycles. The molecule has 0 spiro atoms. The number of nitrogens with one attached hydrogen (secondary N) is 1. The molecule has 4 aromatic rings. The van der Waals surface area contributed by atoms with Gasteiger partial charge in [0.2, 0.25) is 10.0 Å². The number of fused-ring (bicyclic) bond motifs is 1. The van der Waals surface area contributed by atoms with Gasteiger partial charge in [0.15, 0.2) is 0 Å². The van der Waals surface area contributed by atoms with Crippen molar-refractivity contribution in [3.8, 4) is 0 Å². The average Bonchev–Trinajstić information content (AvgIpc) is 3.29.